The highest BCUT2D eigenvalue weighted by molar-refractivity contribution is 5.89. The van der Waals surface area contributed by atoms with E-state index in [2.05, 4.69) is 0 Å². The standard InChI is InChI=1S/C14H16O3/c1-10-9-12(7-8-13(10)15)17-14(16)11-5-3-2-4-6-11/h2-6,10,12H,7-9H2,1H3. The van der Waals surface area contributed by atoms with Gasteiger partial charge in [-0.15, -0.1) is 0 Å². The summed E-state index contributed by atoms with van der Waals surface area (Å²) in [5.74, 6) is -0.00789. The number of esters is 1. The molecule has 0 aliphatic heterocycles. The fourth-order valence-electron chi connectivity index (χ4n) is 2.09. The molecule has 0 aromatic heterocycles. The van der Waals surface area contributed by atoms with E-state index in [1.54, 1.807) is 12.1 Å². The molecule has 3 nitrogen and oxygen atoms in total. The molecular weight excluding hydrogens is 216 g/mol. The highest BCUT2D eigenvalue weighted by Gasteiger charge is 2.27. The molecule has 0 N–H and O–H groups in total. The quantitative estimate of drug-likeness (QED) is 0.736. The number of Topliss-reactive ketones (excluding diaryl/α,β-unsaturated/α-hetero) is 1. The summed E-state index contributed by atoms with van der Waals surface area (Å²) in [6, 6.07) is 8.95. The molecular formula is C14H16O3. The largest absolute Gasteiger partial charge is 0.459 e. The molecule has 0 heterocycles. The van der Waals surface area contributed by atoms with Gasteiger partial charge in [0.25, 0.3) is 0 Å². The Morgan fingerprint density at radius 3 is 2.65 bits per heavy atom. The highest BCUT2D eigenvalue weighted by Crippen LogP contribution is 2.23. The fourth-order valence-corrected chi connectivity index (χ4v) is 2.09. The molecule has 0 bridgehead atoms. The Balaban J connectivity index is 1.94. The lowest BCUT2D eigenvalue weighted by atomic mass is 9.87. The molecule has 3 heteroatoms. The second kappa shape index (κ2) is 5.13. The Labute approximate surface area is 101 Å². The van der Waals surface area contributed by atoms with Crippen molar-refractivity contribution in [3.05, 3.63) is 35.9 Å². The molecule has 2 unspecified atom stereocenters. The van der Waals surface area contributed by atoms with E-state index in [0.717, 1.165) is 0 Å². The topological polar surface area (TPSA) is 43.4 Å². The molecule has 90 valence electrons. The van der Waals surface area contributed by atoms with Gasteiger partial charge in [-0.25, -0.2) is 4.79 Å². The molecule has 0 radical (unpaired) electrons. The molecule has 2 rings (SSSR count). The normalized spacial score (nSPS) is 24.4. The van der Waals surface area contributed by atoms with Crippen LogP contribution in [0.4, 0.5) is 0 Å². The zero-order valence-electron chi connectivity index (χ0n) is 9.89. The lowest BCUT2D eigenvalue weighted by Crippen LogP contribution is -2.29. The van der Waals surface area contributed by atoms with Crippen molar-refractivity contribution in [1.29, 1.82) is 0 Å². The summed E-state index contributed by atoms with van der Waals surface area (Å²) in [7, 11) is 0. The Hall–Kier alpha value is -1.64. The van der Waals surface area contributed by atoms with Gasteiger partial charge in [0, 0.05) is 12.3 Å². The average molecular weight is 232 g/mol. The minimum Gasteiger partial charge on any atom is -0.459 e. The minimum atomic E-state index is -0.294. The Bertz CT molecular complexity index is 411. The van der Waals surface area contributed by atoms with E-state index in [1.165, 1.54) is 0 Å². The van der Waals surface area contributed by atoms with Crippen LogP contribution in [0.1, 0.15) is 36.5 Å². The monoisotopic (exact) mass is 232 g/mol. The van der Waals surface area contributed by atoms with Crippen LogP contribution in [0.5, 0.6) is 0 Å². The number of benzene rings is 1. The number of rotatable bonds is 2. The summed E-state index contributed by atoms with van der Waals surface area (Å²) in [5, 5.41) is 0. The summed E-state index contributed by atoms with van der Waals surface area (Å²) >= 11 is 0. The van der Waals surface area contributed by atoms with Gasteiger partial charge >= 0.3 is 5.97 Å². The molecule has 17 heavy (non-hydrogen) atoms. The SMILES string of the molecule is CC1CC(OC(=O)c2ccccc2)CCC1=O. The van der Waals surface area contributed by atoms with Crippen LogP contribution < -0.4 is 0 Å². The van der Waals surface area contributed by atoms with E-state index in [4.69, 9.17) is 4.74 Å². The summed E-state index contributed by atoms with van der Waals surface area (Å²) < 4.78 is 5.40. The van der Waals surface area contributed by atoms with Gasteiger partial charge in [0.15, 0.2) is 0 Å². The number of hydrogen-bond acceptors (Lipinski definition) is 3. The van der Waals surface area contributed by atoms with Crippen LogP contribution in [0.25, 0.3) is 0 Å². The smallest absolute Gasteiger partial charge is 0.338 e. The minimum absolute atomic E-state index is 0.0114. The predicted molar refractivity (Wildman–Crippen MR) is 63.7 cm³/mol. The Morgan fingerprint density at radius 1 is 1.29 bits per heavy atom. The number of carbonyl (C=O) groups excluding carboxylic acids is 2. The van der Waals surface area contributed by atoms with E-state index >= 15 is 0 Å². The summed E-state index contributed by atoms with van der Waals surface area (Å²) in [6.07, 6.45) is 1.71. The molecule has 1 saturated carbocycles. The van der Waals surface area contributed by atoms with Crippen LogP contribution in [0.15, 0.2) is 30.3 Å². The summed E-state index contributed by atoms with van der Waals surface area (Å²) in [5.41, 5.74) is 0.567. The second-order valence-electron chi connectivity index (χ2n) is 4.54. The molecule has 0 saturated heterocycles. The van der Waals surface area contributed by atoms with Crippen molar-refractivity contribution >= 4 is 11.8 Å². The van der Waals surface area contributed by atoms with E-state index in [-0.39, 0.29) is 23.8 Å². The first kappa shape index (κ1) is 11.8. The first-order valence-electron chi connectivity index (χ1n) is 5.95. The van der Waals surface area contributed by atoms with Crippen LogP contribution in [-0.2, 0) is 9.53 Å². The van der Waals surface area contributed by atoms with E-state index in [1.807, 2.05) is 25.1 Å². The predicted octanol–water partition coefficient (Wildman–Crippen LogP) is 2.60. The maximum atomic E-state index is 11.8. The van der Waals surface area contributed by atoms with Crippen molar-refractivity contribution in [2.75, 3.05) is 0 Å². The molecule has 0 amide bonds. The van der Waals surface area contributed by atoms with E-state index < -0.39 is 0 Å². The van der Waals surface area contributed by atoms with E-state index in [9.17, 15) is 9.59 Å². The number of ketones is 1. The third kappa shape index (κ3) is 2.93. The lowest BCUT2D eigenvalue weighted by molar-refractivity contribution is -0.126. The Kier molecular flexibility index (Phi) is 3.57. The van der Waals surface area contributed by atoms with Crippen LogP contribution in [0.2, 0.25) is 0 Å². The fraction of sp³-hybridized carbons (Fsp3) is 0.429. The van der Waals surface area contributed by atoms with Gasteiger partial charge in [-0.1, -0.05) is 25.1 Å². The van der Waals surface area contributed by atoms with Gasteiger partial charge in [0.05, 0.1) is 5.56 Å². The maximum absolute atomic E-state index is 11.8. The first-order chi connectivity index (χ1) is 8.16. The number of hydrogen-bond donors (Lipinski definition) is 0. The zero-order valence-corrected chi connectivity index (χ0v) is 9.89. The molecule has 1 aromatic rings. The molecule has 1 fully saturated rings. The van der Waals surface area contributed by atoms with Crippen LogP contribution in [-0.4, -0.2) is 17.9 Å². The van der Waals surface area contributed by atoms with Crippen LogP contribution in [0, 0.1) is 5.92 Å². The first-order valence-corrected chi connectivity index (χ1v) is 5.95. The summed E-state index contributed by atoms with van der Waals surface area (Å²) in [6.45, 7) is 1.89. The number of ether oxygens (including phenoxy) is 1. The van der Waals surface area contributed by atoms with Gasteiger partial charge in [-0.3, -0.25) is 4.79 Å². The van der Waals surface area contributed by atoms with Crippen molar-refractivity contribution in [3.8, 4) is 0 Å². The number of carbonyl (C=O) groups is 2. The molecule has 1 aliphatic carbocycles. The molecule has 1 aliphatic rings. The van der Waals surface area contributed by atoms with Crippen LogP contribution >= 0.6 is 0 Å². The van der Waals surface area contributed by atoms with Crippen LogP contribution in [0.3, 0.4) is 0 Å². The molecule has 0 spiro atoms. The second-order valence-corrected chi connectivity index (χ2v) is 4.54. The molecule has 1 aromatic carbocycles. The third-order valence-electron chi connectivity index (χ3n) is 3.16. The van der Waals surface area contributed by atoms with Gasteiger partial charge < -0.3 is 4.74 Å². The zero-order chi connectivity index (χ0) is 12.3. The van der Waals surface area contributed by atoms with Gasteiger partial charge in [0.2, 0.25) is 0 Å². The van der Waals surface area contributed by atoms with Gasteiger partial charge in [-0.05, 0) is 25.0 Å². The van der Waals surface area contributed by atoms with Crippen molar-refractivity contribution in [3.63, 3.8) is 0 Å². The summed E-state index contributed by atoms with van der Waals surface area (Å²) in [4.78, 5) is 23.1. The average Bonchev–Trinajstić information content (AvgIpc) is 2.35. The van der Waals surface area contributed by atoms with Gasteiger partial charge in [0.1, 0.15) is 11.9 Å². The van der Waals surface area contributed by atoms with Crippen molar-refractivity contribution in [1.82, 2.24) is 0 Å². The van der Waals surface area contributed by atoms with Crippen molar-refractivity contribution < 1.29 is 14.3 Å². The van der Waals surface area contributed by atoms with Crippen molar-refractivity contribution in [2.45, 2.75) is 32.3 Å². The Morgan fingerprint density at radius 2 is 2.00 bits per heavy atom. The third-order valence-corrected chi connectivity index (χ3v) is 3.16. The van der Waals surface area contributed by atoms with Gasteiger partial charge in [-0.2, -0.15) is 0 Å². The highest BCUT2D eigenvalue weighted by atomic mass is 16.5. The lowest BCUT2D eigenvalue weighted by Gasteiger charge is -2.25. The molecule has 2 atom stereocenters. The van der Waals surface area contributed by atoms with Crippen molar-refractivity contribution in [2.24, 2.45) is 5.92 Å². The van der Waals surface area contributed by atoms with E-state index in [0.29, 0.717) is 24.8 Å². The maximum Gasteiger partial charge on any atom is 0.338 e.